The highest BCUT2D eigenvalue weighted by atomic mass is 32.2. The molecule has 2 atom stereocenters. The number of hydrogen-bond acceptors (Lipinski definition) is 5. The third kappa shape index (κ3) is 6.22. The van der Waals surface area contributed by atoms with Crippen molar-refractivity contribution in [1.29, 1.82) is 0 Å². The summed E-state index contributed by atoms with van der Waals surface area (Å²) in [6.45, 7) is 1.16. The van der Waals surface area contributed by atoms with Crippen molar-refractivity contribution in [2.75, 3.05) is 24.6 Å². The average Bonchev–Trinajstić information content (AvgIpc) is 3.24. The Hall–Kier alpha value is -3.29. The molecule has 4 aromatic carbocycles. The van der Waals surface area contributed by atoms with Crippen LogP contribution < -0.4 is 5.32 Å². The summed E-state index contributed by atoms with van der Waals surface area (Å²) in [5.41, 5.74) is 4.46. The zero-order chi connectivity index (χ0) is 26.4. The van der Waals surface area contributed by atoms with Gasteiger partial charge < -0.3 is 10.4 Å². The fourth-order valence-electron chi connectivity index (χ4n) is 5.52. The highest BCUT2D eigenvalue weighted by molar-refractivity contribution is 7.91. The Balaban J connectivity index is 1.47. The number of hydrogen-bond donors (Lipinski definition) is 2. The number of sulfone groups is 1. The van der Waals surface area contributed by atoms with Gasteiger partial charge in [0.15, 0.2) is 9.84 Å². The standard InChI is InChI=1S/C32H34N2O3S/c35-30-24-38(36,37)23-29(30)34(32(27-17-9-3-10-18-27)28-19-11-4-12-20-28)22-21-33-31(25-13-5-1-6-14-25)26-15-7-2-8-16-26/h1-20,29-33,35H,21-24H2/t29-,30-/m1/s1. The molecule has 6 heteroatoms. The van der Waals surface area contributed by atoms with E-state index >= 15 is 0 Å². The summed E-state index contributed by atoms with van der Waals surface area (Å²) in [7, 11) is -3.33. The summed E-state index contributed by atoms with van der Waals surface area (Å²) < 4.78 is 25.2. The number of aliphatic hydroxyl groups is 1. The molecule has 0 aromatic heterocycles. The van der Waals surface area contributed by atoms with Crippen LogP contribution in [-0.2, 0) is 9.84 Å². The Bertz CT molecular complexity index is 1310. The van der Waals surface area contributed by atoms with Crippen molar-refractivity contribution in [3.8, 4) is 0 Å². The van der Waals surface area contributed by atoms with Gasteiger partial charge >= 0.3 is 0 Å². The van der Waals surface area contributed by atoms with Gasteiger partial charge in [-0.05, 0) is 22.3 Å². The SMILES string of the molecule is O=S1(=O)C[C@@H](O)[C@H](N(CCNC(c2ccccc2)c2ccccc2)C(c2ccccc2)c2ccccc2)C1. The largest absolute Gasteiger partial charge is 0.390 e. The molecule has 0 spiro atoms. The molecule has 5 rings (SSSR count). The maximum absolute atomic E-state index is 12.6. The van der Waals surface area contributed by atoms with Crippen molar-refractivity contribution in [1.82, 2.24) is 10.2 Å². The third-order valence-electron chi connectivity index (χ3n) is 7.27. The predicted octanol–water partition coefficient (Wildman–Crippen LogP) is 4.62. The van der Waals surface area contributed by atoms with Crippen molar-refractivity contribution in [3.05, 3.63) is 144 Å². The molecule has 196 valence electrons. The van der Waals surface area contributed by atoms with Gasteiger partial charge in [-0.1, -0.05) is 121 Å². The minimum absolute atomic E-state index is 0.0108. The van der Waals surface area contributed by atoms with Crippen LogP contribution in [0.4, 0.5) is 0 Å². The predicted molar refractivity (Wildman–Crippen MR) is 153 cm³/mol. The number of nitrogens with one attached hydrogen (secondary N) is 1. The van der Waals surface area contributed by atoms with Crippen LogP contribution in [0.25, 0.3) is 0 Å². The van der Waals surface area contributed by atoms with Gasteiger partial charge in [-0.3, -0.25) is 4.90 Å². The van der Waals surface area contributed by atoms with E-state index in [1.807, 2.05) is 72.8 Å². The molecule has 38 heavy (non-hydrogen) atoms. The van der Waals surface area contributed by atoms with Gasteiger partial charge in [0.25, 0.3) is 0 Å². The van der Waals surface area contributed by atoms with E-state index < -0.39 is 22.0 Å². The molecule has 2 N–H and O–H groups in total. The van der Waals surface area contributed by atoms with Crippen molar-refractivity contribution >= 4 is 9.84 Å². The van der Waals surface area contributed by atoms with Gasteiger partial charge in [0.2, 0.25) is 0 Å². The maximum atomic E-state index is 12.6. The average molecular weight is 527 g/mol. The first-order valence-electron chi connectivity index (χ1n) is 13.1. The molecule has 1 saturated heterocycles. The zero-order valence-corrected chi connectivity index (χ0v) is 22.1. The van der Waals surface area contributed by atoms with E-state index in [4.69, 9.17) is 0 Å². The third-order valence-corrected chi connectivity index (χ3v) is 8.96. The summed E-state index contributed by atoms with van der Waals surface area (Å²) in [6, 6.07) is 40.2. The van der Waals surface area contributed by atoms with Crippen LogP contribution in [0.15, 0.2) is 121 Å². The molecule has 0 saturated carbocycles. The van der Waals surface area contributed by atoms with Crippen LogP contribution in [0.2, 0.25) is 0 Å². The monoisotopic (exact) mass is 526 g/mol. The Labute approximate surface area is 225 Å². The van der Waals surface area contributed by atoms with Crippen molar-refractivity contribution < 1.29 is 13.5 Å². The Kier molecular flexibility index (Phi) is 8.35. The topological polar surface area (TPSA) is 69.6 Å². The Morgan fingerprint density at radius 3 is 1.50 bits per heavy atom. The number of rotatable bonds is 10. The number of nitrogens with zero attached hydrogens (tertiary/aromatic N) is 1. The van der Waals surface area contributed by atoms with Crippen LogP contribution in [-0.4, -0.2) is 55.2 Å². The summed E-state index contributed by atoms with van der Waals surface area (Å²) in [5, 5.41) is 14.7. The summed E-state index contributed by atoms with van der Waals surface area (Å²) in [6.07, 6.45) is -0.936. The second-order valence-corrected chi connectivity index (χ2v) is 12.0. The summed E-state index contributed by atoms with van der Waals surface area (Å²) >= 11 is 0. The Morgan fingerprint density at radius 1 is 0.684 bits per heavy atom. The van der Waals surface area contributed by atoms with Crippen LogP contribution in [0.1, 0.15) is 34.3 Å². The molecule has 1 aliphatic heterocycles. The van der Waals surface area contributed by atoms with E-state index in [9.17, 15) is 13.5 Å². The van der Waals surface area contributed by atoms with Gasteiger partial charge in [-0.25, -0.2) is 8.42 Å². The highest BCUT2D eigenvalue weighted by Crippen LogP contribution is 2.33. The van der Waals surface area contributed by atoms with E-state index in [-0.39, 0.29) is 23.6 Å². The molecule has 0 bridgehead atoms. The van der Waals surface area contributed by atoms with Crippen molar-refractivity contribution in [3.63, 3.8) is 0 Å². The maximum Gasteiger partial charge on any atom is 0.154 e. The molecule has 5 nitrogen and oxygen atoms in total. The quantitative estimate of drug-likeness (QED) is 0.316. The van der Waals surface area contributed by atoms with E-state index in [1.54, 1.807) is 0 Å². The molecule has 0 aliphatic carbocycles. The van der Waals surface area contributed by atoms with Gasteiger partial charge in [-0.15, -0.1) is 0 Å². The second-order valence-electron chi connectivity index (χ2n) is 9.88. The smallest absolute Gasteiger partial charge is 0.154 e. The normalized spacial score (nSPS) is 18.8. The lowest BCUT2D eigenvalue weighted by molar-refractivity contribution is 0.0641. The van der Waals surface area contributed by atoms with Crippen LogP contribution in [0.5, 0.6) is 0 Å². The molecular weight excluding hydrogens is 492 g/mol. The molecule has 0 unspecified atom stereocenters. The van der Waals surface area contributed by atoms with E-state index in [0.717, 1.165) is 22.3 Å². The fraction of sp³-hybridized carbons (Fsp3) is 0.250. The molecule has 1 aliphatic rings. The van der Waals surface area contributed by atoms with Gasteiger partial charge in [0.05, 0.1) is 35.7 Å². The second kappa shape index (κ2) is 12.0. The summed E-state index contributed by atoms with van der Waals surface area (Å²) in [4.78, 5) is 2.18. The molecule has 0 radical (unpaired) electrons. The van der Waals surface area contributed by atoms with Crippen LogP contribution in [0.3, 0.4) is 0 Å². The Morgan fingerprint density at radius 2 is 1.11 bits per heavy atom. The first kappa shape index (κ1) is 26.3. The van der Waals surface area contributed by atoms with Crippen molar-refractivity contribution in [2.45, 2.75) is 24.2 Å². The minimum atomic E-state index is -3.33. The van der Waals surface area contributed by atoms with Gasteiger partial charge in [0.1, 0.15) is 0 Å². The van der Waals surface area contributed by atoms with Gasteiger partial charge in [-0.2, -0.15) is 0 Å². The molecule has 0 amide bonds. The lowest BCUT2D eigenvalue weighted by atomic mass is 9.94. The lowest BCUT2D eigenvalue weighted by Crippen LogP contribution is -2.48. The highest BCUT2D eigenvalue weighted by Gasteiger charge is 2.42. The summed E-state index contributed by atoms with van der Waals surface area (Å²) in [5.74, 6) is -0.250. The minimum Gasteiger partial charge on any atom is -0.390 e. The van der Waals surface area contributed by atoms with Crippen molar-refractivity contribution in [2.24, 2.45) is 0 Å². The molecule has 1 fully saturated rings. The fourth-order valence-corrected chi connectivity index (χ4v) is 7.33. The molecular formula is C32H34N2O3S. The first-order valence-corrected chi connectivity index (χ1v) is 14.9. The van der Waals surface area contributed by atoms with Crippen LogP contribution in [0, 0.1) is 0 Å². The zero-order valence-electron chi connectivity index (χ0n) is 21.3. The van der Waals surface area contributed by atoms with Crippen LogP contribution >= 0.6 is 0 Å². The van der Waals surface area contributed by atoms with E-state index in [1.165, 1.54) is 0 Å². The van der Waals surface area contributed by atoms with Gasteiger partial charge in [0, 0.05) is 13.1 Å². The molecule has 1 heterocycles. The first-order chi connectivity index (χ1) is 18.5. The number of benzene rings is 4. The lowest BCUT2D eigenvalue weighted by Gasteiger charge is -2.38. The van der Waals surface area contributed by atoms with E-state index in [2.05, 4.69) is 58.7 Å². The van der Waals surface area contributed by atoms with E-state index in [0.29, 0.717) is 13.1 Å². The molecule has 4 aromatic rings. The number of aliphatic hydroxyl groups excluding tert-OH is 1.